The molecule has 0 aliphatic carbocycles. The van der Waals surface area contributed by atoms with Gasteiger partial charge < -0.3 is 10.0 Å². The van der Waals surface area contributed by atoms with E-state index < -0.39 is 5.97 Å². The van der Waals surface area contributed by atoms with Crippen LogP contribution in [0.25, 0.3) is 0 Å². The van der Waals surface area contributed by atoms with Gasteiger partial charge in [-0.05, 0) is 36.8 Å². The van der Waals surface area contributed by atoms with Crippen molar-refractivity contribution in [2.24, 2.45) is 0 Å². The monoisotopic (exact) mass is 243 g/mol. The molecule has 0 aliphatic heterocycles. The van der Waals surface area contributed by atoms with Gasteiger partial charge in [-0.3, -0.25) is 0 Å². The first-order chi connectivity index (χ1) is 8.58. The summed E-state index contributed by atoms with van der Waals surface area (Å²) in [6.07, 6.45) is 3.48. The van der Waals surface area contributed by atoms with E-state index in [0.29, 0.717) is 5.95 Å². The molecule has 0 aliphatic rings. The number of aryl methyl sites for hydroxylation is 1. The van der Waals surface area contributed by atoms with E-state index in [4.69, 9.17) is 5.11 Å². The Balaban J connectivity index is 2.25. The number of rotatable bonds is 3. The topological polar surface area (TPSA) is 66.3 Å². The maximum atomic E-state index is 10.8. The number of aromatic nitrogens is 2. The summed E-state index contributed by atoms with van der Waals surface area (Å²) in [4.78, 5) is 21.0. The second kappa shape index (κ2) is 4.83. The molecule has 92 valence electrons. The summed E-state index contributed by atoms with van der Waals surface area (Å²) in [5, 5.41) is 8.82. The number of hydrogen-bond acceptors (Lipinski definition) is 4. The van der Waals surface area contributed by atoms with E-state index in [1.807, 2.05) is 14.0 Å². The lowest BCUT2D eigenvalue weighted by atomic mass is 10.2. The standard InChI is InChI=1S/C13H13N3O2/c1-9-7-14-13(15-8-9)16(2)11-5-3-10(4-6-11)12(17)18/h3-8H,1-2H3,(H,17,18). The summed E-state index contributed by atoms with van der Waals surface area (Å²) < 4.78 is 0. The molecule has 0 fully saturated rings. The second-order valence-electron chi connectivity index (χ2n) is 3.97. The van der Waals surface area contributed by atoms with Gasteiger partial charge in [-0.2, -0.15) is 0 Å². The third-order valence-electron chi connectivity index (χ3n) is 2.57. The lowest BCUT2D eigenvalue weighted by molar-refractivity contribution is 0.0697. The van der Waals surface area contributed by atoms with Crippen LogP contribution in [0.1, 0.15) is 15.9 Å². The summed E-state index contributed by atoms with van der Waals surface area (Å²) in [5.74, 6) is -0.362. The Hall–Kier alpha value is -2.43. The molecule has 5 nitrogen and oxygen atoms in total. The van der Waals surface area contributed by atoms with Crippen LogP contribution in [0.15, 0.2) is 36.7 Å². The van der Waals surface area contributed by atoms with Crippen LogP contribution in [0, 0.1) is 6.92 Å². The highest BCUT2D eigenvalue weighted by Gasteiger charge is 2.08. The van der Waals surface area contributed by atoms with Gasteiger partial charge in [0.05, 0.1) is 5.56 Å². The first-order valence-electron chi connectivity index (χ1n) is 5.43. The van der Waals surface area contributed by atoms with Crippen molar-refractivity contribution < 1.29 is 9.90 Å². The molecule has 2 rings (SSSR count). The van der Waals surface area contributed by atoms with Gasteiger partial charge in [0.2, 0.25) is 5.95 Å². The molecule has 1 N–H and O–H groups in total. The van der Waals surface area contributed by atoms with E-state index in [1.54, 1.807) is 41.6 Å². The minimum atomic E-state index is -0.934. The molecule has 0 saturated carbocycles. The molecule has 0 atom stereocenters. The zero-order valence-corrected chi connectivity index (χ0v) is 10.2. The van der Waals surface area contributed by atoms with Crippen molar-refractivity contribution in [1.82, 2.24) is 9.97 Å². The zero-order valence-electron chi connectivity index (χ0n) is 10.2. The highest BCUT2D eigenvalue weighted by Crippen LogP contribution is 2.20. The predicted molar refractivity (Wildman–Crippen MR) is 68.2 cm³/mol. The second-order valence-corrected chi connectivity index (χ2v) is 3.97. The van der Waals surface area contributed by atoms with Gasteiger partial charge in [-0.15, -0.1) is 0 Å². The number of carboxylic acid groups (broad SMARTS) is 1. The van der Waals surface area contributed by atoms with Gasteiger partial charge in [0.15, 0.2) is 0 Å². The van der Waals surface area contributed by atoms with Gasteiger partial charge >= 0.3 is 5.97 Å². The molecule has 18 heavy (non-hydrogen) atoms. The van der Waals surface area contributed by atoms with Crippen molar-refractivity contribution >= 4 is 17.6 Å². The normalized spacial score (nSPS) is 10.1. The largest absolute Gasteiger partial charge is 0.478 e. The van der Waals surface area contributed by atoms with Crippen LogP contribution in [-0.2, 0) is 0 Å². The Bertz CT molecular complexity index is 549. The molecule has 1 aromatic heterocycles. The lowest BCUT2D eigenvalue weighted by Gasteiger charge is -2.16. The maximum Gasteiger partial charge on any atom is 0.335 e. The Morgan fingerprint density at radius 2 is 1.72 bits per heavy atom. The fourth-order valence-electron chi connectivity index (χ4n) is 1.50. The zero-order chi connectivity index (χ0) is 13.1. The summed E-state index contributed by atoms with van der Waals surface area (Å²) in [7, 11) is 1.83. The minimum Gasteiger partial charge on any atom is -0.478 e. The Labute approximate surface area is 105 Å². The van der Waals surface area contributed by atoms with Crippen molar-refractivity contribution in [2.75, 3.05) is 11.9 Å². The van der Waals surface area contributed by atoms with Crippen molar-refractivity contribution in [3.8, 4) is 0 Å². The fourth-order valence-corrected chi connectivity index (χ4v) is 1.50. The molecule has 0 saturated heterocycles. The Kier molecular flexibility index (Phi) is 3.23. The first-order valence-corrected chi connectivity index (χ1v) is 5.43. The fraction of sp³-hybridized carbons (Fsp3) is 0.154. The van der Waals surface area contributed by atoms with Gasteiger partial charge in [0.1, 0.15) is 0 Å². The van der Waals surface area contributed by atoms with Gasteiger partial charge in [-0.1, -0.05) is 0 Å². The summed E-state index contributed by atoms with van der Waals surface area (Å²) in [5.41, 5.74) is 2.09. The smallest absolute Gasteiger partial charge is 0.335 e. The molecular weight excluding hydrogens is 230 g/mol. The maximum absolute atomic E-state index is 10.8. The van der Waals surface area contributed by atoms with Crippen LogP contribution in [0.3, 0.4) is 0 Å². The number of benzene rings is 1. The third-order valence-corrected chi connectivity index (χ3v) is 2.57. The highest BCUT2D eigenvalue weighted by atomic mass is 16.4. The van der Waals surface area contributed by atoms with Crippen LogP contribution in [0.5, 0.6) is 0 Å². The molecule has 0 bridgehead atoms. The quantitative estimate of drug-likeness (QED) is 0.895. The third kappa shape index (κ3) is 2.45. The number of carbonyl (C=O) groups is 1. The number of carboxylic acids is 1. The predicted octanol–water partition coefficient (Wildman–Crippen LogP) is 2.25. The molecule has 0 radical (unpaired) electrons. The number of aromatic carboxylic acids is 1. The van der Waals surface area contributed by atoms with Crippen molar-refractivity contribution in [3.05, 3.63) is 47.8 Å². The number of hydrogen-bond donors (Lipinski definition) is 1. The van der Waals surface area contributed by atoms with Crippen LogP contribution < -0.4 is 4.90 Å². The molecule has 0 spiro atoms. The molecule has 2 aromatic rings. The Morgan fingerprint density at radius 1 is 1.17 bits per heavy atom. The van der Waals surface area contributed by atoms with E-state index in [9.17, 15) is 4.79 Å². The lowest BCUT2D eigenvalue weighted by Crippen LogP contribution is -2.13. The van der Waals surface area contributed by atoms with Crippen LogP contribution in [0.4, 0.5) is 11.6 Å². The van der Waals surface area contributed by atoms with Crippen molar-refractivity contribution in [2.45, 2.75) is 6.92 Å². The van der Waals surface area contributed by atoms with Crippen LogP contribution in [-0.4, -0.2) is 28.1 Å². The summed E-state index contributed by atoms with van der Waals surface area (Å²) >= 11 is 0. The number of anilines is 2. The average Bonchev–Trinajstić information content (AvgIpc) is 2.39. The van der Waals surface area contributed by atoms with Gasteiger partial charge in [0.25, 0.3) is 0 Å². The van der Waals surface area contributed by atoms with Gasteiger partial charge in [-0.25, -0.2) is 14.8 Å². The number of nitrogens with zero attached hydrogens (tertiary/aromatic N) is 3. The Morgan fingerprint density at radius 3 is 2.22 bits per heavy atom. The molecule has 1 heterocycles. The van der Waals surface area contributed by atoms with E-state index in [0.717, 1.165) is 11.3 Å². The van der Waals surface area contributed by atoms with Crippen LogP contribution >= 0.6 is 0 Å². The molecule has 0 amide bonds. The molecular formula is C13H13N3O2. The molecule has 0 unspecified atom stereocenters. The summed E-state index contributed by atoms with van der Waals surface area (Å²) in [6, 6.07) is 6.57. The van der Waals surface area contributed by atoms with E-state index in [2.05, 4.69) is 9.97 Å². The average molecular weight is 243 g/mol. The summed E-state index contributed by atoms with van der Waals surface area (Å²) in [6.45, 7) is 1.92. The van der Waals surface area contributed by atoms with Crippen LogP contribution in [0.2, 0.25) is 0 Å². The first kappa shape index (κ1) is 12.0. The SMILES string of the molecule is Cc1cnc(N(C)c2ccc(C(=O)O)cc2)nc1. The minimum absolute atomic E-state index is 0.261. The highest BCUT2D eigenvalue weighted by molar-refractivity contribution is 5.88. The van der Waals surface area contributed by atoms with Crippen molar-refractivity contribution in [3.63, 3.8) is 0 Å². The molecule has 1 aromatic carbocycles. The molecule has 5 heteroatoms. The van der Waals surface area contributed by atoms with Crippen molar-refractivity contribution in [1.29, 1.82) is 0 Å². The van der Waals surface area contributed by atoms with E-state index in [1.165, 1.54) is 0 Å². The van der Waals surface area contributed by atoms with E-state index in [-0.39, 0.29) is 5.56 Å². The van der Waals surface area contributed by atoms with Gasteiger partial charge in [0, 0.05) is 25.1 Å². The van der Waals surface area contributed by atoms with E-state index >= 15 is 0 Å².